The van der Waals surface area contributed by atoms with Crippen molar-refractivity contribution in [2.24, 2.45) is 7.05 Å². The van der Waals surface area contributed by atoms with E-state index >= 15 is 0 Å². The molecule has 0 radical (unpaired) electrons. The molecule has 1 aliphatic rings. The summed E-state index contributed by atoms with van der Waals surface area (Å²) >= 11 is 0. The smallest absolute Gasteiger partial charge is 0.258 e. The standard InChI is InChI=1S/C28H28FN5O2/c1-18-6-7-31-22(12-18)17-33-10-11-36-26-24(23-5-4-21(29)13-19(23)2)14-20(15-25(26)27(33)35)16-34-9-8-32(3)28(34)30/h4-9,12-15,30H,10-11,16-17H2,1-3H3. The molecule has 2 aromatic carbocycles. The van der Waals surface area contributed by atoms with Gasteiger partial charge in [0.1, 0.15) is 18.2 Å². The monoisotopic (exact) mass is 485 g/mol. The molecule has 0 fully saturated rings. The fraction of sp³-hybridized carbons (Fsp3) is 0.250. The number of pyridine rings is 1. The molecule has 1 amide bonds. The zero-order valence-corrected chi connectivity index (χ0v) is 20.6. The molecular weight excluding hydrogens is 457 g/mol. The van der Waals surface area contributed by atoms with Crippen LogP contribution in [0.2, 0.25) is 0 Å². The summed E-state index contributed by atoms with van der Waals surface area (Å²) < 4.78 is 23.6. The van der Waals surface area contributed by atoms with Crippen molar-refractivity contribution >= 4 is 5.91 Å². The number of ether oxygens (including phenoxy) is 1. The maximum absolute atomic E-state index is 13.9. The lowest BCUT2D eigenvalue weighted by Gasteiger charge is -2.20. The molecule has 7 nitrogen and oxygen atoms in total. The first kappa shape index (κ1) is 23.5. The van der Waals surface area contributed by atoms with Crippen molar-refractivity contribution in [2.45, 2.75) is 26.9 Å². The third-order valence-corrected chi connectivity index (χ3v) is 6.51. The molecule has 1 N–H and O–H groups in total. The molecule has 36 heavy (non-hydrogen) atoms. The molecule has 184 valence electrons. The minimum atomic E-state index is -0.314. The summed E-state index contributed by atoms with van der Waals surface area (Å²) in [6, 6.07) is 12.4. The third-order valence-electron chi connectivity index (χ3n) is 6.51. The average Bonchev–Trinajstić information content (AvgIpc) is 3.06. The van der Waals surface area contributed by atoms with E-state index in [1.165, 1.54) is 12.1 Å². The lowest BCUT2D eigenvalue weighted by atomic mass is 9.94. The van der Waals surface area contributed by atoms with E-state index in [0.717, 1.165) is 33.5 Å². The number of aryl methyl sites for hydroxylation is 3. The number of hydrogen-bond acceptors (Lipinski definition) is 4. The van der Waals surface area contributed by atoms with Gasteiger partial charge >= 0.3 is 0 Å². The molecule has 3 heterocycles. The fourth-order valence-electron chi connectivity index (χ4n) is 4.63. The first-order chi connectivity index (χ1) is 17.3. The van der Waals surface area contributed by atoms with E-state index in [-0.39, 0.29) is 11.7 Å². The van der Waals surface area contributed by atoms with Crippen LogP contribution in [0.5, 0.6) is 5.75 Å². The van der Waals surface area contributed by atoms with E-state index in [1.807, 2.05) is 57.6 Å². The molecule has 5 rings (SSSR count). The highest BCUT2D eigenvalue weighted by atomic mass is 19.1. The normalized spacial score (nSPS) is 13.3. The number of carbonyl (C=O) groups excluding carboxylic acids is 1. The van der Waals surface area contributed by atoms with Crippen LogP contribution in [0.3, 0.4) is 0 Å². The van der Waals surface area contributed by atoms with E-state index in [4.69, 9.17) is 10.1 Å². The quantitative estimate of drug-likeness (QED) is 0.460. The first-order valence-corrected chi connectivity index (χ1v) is 11.8. The Bertz CT molecular complexity index is 1520. The molecule has 0 spiro atoms. The molecule has 0 aliphatic carbocycles. The third kappa shape index (κ3) is 4.54. The van der Waals surface area contributed by atoms with Crippen LogP contribution in [0.25, 0.3) is 11.1 Å². The second-order valence-corrected chi connectivity index (χ2v) is 9.24. The Morgan fingerprint density at radius 1 is 1.03 bits per heavy atom. The molecule has 8 heteroatoms. The van der Waals surface area contributed by atoms with Gasteiger partial charge in [0.15, 0.2) is 0 Å². The summed E-state index contributed by atoms with van der Waals surface area (Å²) in [5, 5.41) is 8.31. The molecule has 0 bridgehead atoms. The highest BCUT2D eigenvalue weighted by Gasteiger charge is 2.28. The Kier molecular flexibility index (Phi) is 6.18. The van der Waals surface area contributed by atoms with Crippen molar-refractivity contribution in [1.82, 2.24) is 19.0 Å². The summed E-state index contributed by atoms with van der Waals surface area (Å²) in [5.41, 5.74) is 5.86. The van der Waals surface area contributed by atoms with Crippen LogP contribution in [0, 0.1) is 25.1 Å². The van der Waals surface area contributed by atoms with Gasteiger partial charge in [-0.3, -0.25) is 15.2 Å². The van der Waals surface area contributed by atoms with Crippen molar-refractivity contribution in [3.8, 4) is 16.9 Å². The lowest BCUT2D eigenvalue weighted by Crippen LogP contribution is -2.32. The number of fused-ring (bicyclic) bond motifs is 1. The molecule has 4 aromatic rings. The molecule has 0 unspecified atom stereocenters. The summed E-state index contributed by atoms with van der Waals surface area (Å²) in [7, 11) is 1.82. The highest BCUT2D eigenvalue weighted by molar-refractivity contribution is 6.00. The van der Waals surface area contributed by atoms with E-state index in [1.54, 1.807) is 26.3 Å². The predicted octanol–water partition coefficient (Wildman–Crippen LogP) is 4.21. The van der Waals surface area contributed by atoms with Crippen LogP contribution in [-0.4, -0.2) is 38.1 Å². The van der Waals surface area contributed by atoms with Gasteiger partial charge in [0.05, 0.1) is 30.9 Å². The van der Waals surface area contributed by atoms with Crippen LogP contribution in [0.4, 0.5) is 4.39 Å². The summed E-state index contributed by atoms with van der Waals surface area (Å²) in [6.07, 6.45) is 5.41. The Morgan fingerprint density at radius 3 is 2.56 bits per heavy atom. The summed E-state index contributed by atoms with van der Waals surface area (Å²) in [5.74, 6) is 0.0474. The second-order valence-electron chi connectivity index (χ2n) is 9.24. The number of aromatic nitrogens is 3. The van der Waals surface area contributed by atoms with Gasteiger partial charge in [0.25, 0.3) is 5.91 Å². The first-order valence-electron chi connectivity index (χ1n) is 11.8. The second kappa shape index (κ2) is 9.45. The molecule has 0 saturated carbocycles. The van der Waals surface area contributed by atoms with Crippen molar-refractivity contribution in [3.05, 3.63) is 100 Å². The number of benzene rings is 2. The van der Waals surface area contributed by atoms with Gasteiger partial charge < -0.3 is 18.8 Å². The number of amides is 1. The maximum atomic E-state index is 13.9. The number of halogens is 1. The Hall–Kier alpha value is -4.20. The van der Waals surface area contributed by atoms with Crippen molar-refractivity contribution in [3.63, 3.8) is 0 Å². The van der Waals surface area contributed by atoms with Crippen molar-refractivity contribution in [2.75, 3.05) is 13.2 Å². The fourth-order valence-corrected chi connectivity index (χ4v) is 4.63. The molecule has 1 aliphatic heterocycles. The average molecular weight is 486 g/mol. The van der Waals surface area contributed by atoms with E-state index < -0.39 is 0 Å². The van der Waals surface area contributed by atoms with Gasteiger partial charge in [-0.25, -0.2) is 4.39 Å². The van der Waals surface area contributed by atoms with Gasteiger partial charge in [0, 0.05) is 31.2 Å². The van der Waals surface area contributed by atoms with Gasteiger partial charge in [-0.1, -0.05) is 6.07 Å². The Morgan fingerprint density at radius 2 is 1.83 bits per heavy atom. The summed E-state index contributed by atoms with van der Waals surface area (Å²) in [6.45, 7) is 5.39. The zero-order valence-electron chi connectivity index (χ0n) is 20.6. The zero-order chi connectivity index (χ0) is 25.4. The van der Waals surface area contributed by atoms with Crippen molar-refractivity contribution in [1.29, 1.82) is 5.41 Å². The minimum absolute atomic E-state index is 0.141. The van der Waals surface area contributed by atoms with E-state index in [0.29, 0.717) is 43.2 Å². The molecule has 0 atom stereocenters. The number of rotatable bonds is 5. The topological polar surface area (TPSA) is 76.1 Å². The Labute approximate surface area is 208 Å². The number of imidazole rings is 1. The van der Waals surface area contributed by atoms with Crippen LogP contribution >= 0.6 is 0 Å². The largest absolute Gasteiger partial charge is 0.490 e. The predicted molar refractivity (Wildman–Crippen MR) is 134 cm³/mol. The van der Waals surface area contributed by atoms with Gasteiger partial charge in [-0.05, 0) is 72.5 Å². The van der Waals surface area contributed by atoms with Gasteiger partial charge in [0.2, 0.25) is 5.62 Å². The lowest BCUT2D eigenvalue weighted by molar-refractivity contribution is 0.0740. The van der Waals surface area contributed by atoms with Crippen LogP contribution < -0.4 is 10.4 Å². The maximum Gasteiger partial charge on any atom is 0.258 e. The van der Waals surface area contributed by atoms with Crippen LogP contribution in [0.1, 0.15) is 32.7 Å². The molecule has 2 aromatic heterocycles. The van der Waals surface area contributed by atoms with Crippen LogP contribution in [0.15, 0.2) is 61.1 Å². The van der Waals surface area contributed by atoms with E-state index in [9.17, 15) is 9.18 Å². The number of nitrogens with one attached hydrogen (secondary N) is 1. The van der Waals surface area contributed by atoms with Crippen LogP contribution in [-0.2, 0) is 20.1 Å². The van der Waals surface area contributed by atoms with Gasteiger partial charge in [-0.2, -0.15) is 0 Å². The number of hydrogen-bond donors (Lipinski definition) is 1. The highest BCUT2D eigenvalue weighted by Crippen LogP contribution is 2.38. The number of carbonyl (C=O) groups is 1. The SMILES string of the molecule is Cc1ccnc(CN2CCOc3c(cc(Cn4ccn(C)c4=N)cc3-c3ccc(F)cc3C)C2=O)c1. The summed E-state index contributed by atoms with van der Waals surface area (Å²) in [4.78, 5) is 20.0. The van der Waals surface area contributed by atoms with Crippen molar-refractivity contribution < 1.29 is 13.9 Å². The molecular formula is C28H28FN5O2. The van der Waals surface area contributed by atoms with Gasteiger partial charge in [-0.15, -0.1) is 0 Å². The van der Waals surface area contributed by atoms with E-state index in [2.05, 4.69) is 4.98 Å². The minimum Gasteiger partial charge on any atom is -0.490 e. The number of nitrogens with zero attached hydrogens (tertiary/aromatic N) is 4. The molecule has 0 saturated heterocycles. The Balaban J connectivity index is 1.62.